The molecule has 3 rings (SSSR count). The normalized spacial score (nSPS) is 11.3. The van der Waals surface area contributed by atoms with Crippen molar-refractivity contribution in [3.8, 4) is 28.0 Å². The number of rotatable bonds is 25. The lowest BCUT2D eigenvalue weighted by atomic mass is 9.96. The molecule has 0 atom stereocenters. The van der Waals surface area contributed by atoms with Gasteiger partial charge in [0.05, 0.1) is 6.61 Å². The van der Waals surface area contributed by atoms with E-state index < -0.39 is 11.6 Å². The minimum absolute atomic E-state index is 0.275. The maximum atomic E-state index is 15.7. The van der Waals surface area contributed by atoms with Crippen LogP contribution in [0.4, 0.5) is 8.78 Å². The topological polar surface area (TPSA) is 9.23 Å². The average molecular weight is 619 g/mol. The van der Waals surface area contributed by atoms with Crippen molar-refractivity contribution >= 4 is 0 Å². The predicted octanol–water partition coefficient (Wildman–Crippen LogP) is 14.1. The van der Waals surface area contributed by atoms with Crippen LogP contribution in [0, 0.1) is 11.6 Å². The van der Waals surface area contributed by atoms with Crippen molar-refractivity contribution in [2.24, 2.45) is 0 Å². The zero-order chi connectivity index (χ0) is 32.0. The number of unbranched alkanes of at least 4 members (excludes halogenated alkanes) is 18. The van der Waals surface area contributed by atoms with E-state index in [1.54, 1.807) is 6.07 Å². The van der Waals surface area contributed by atoms with Crippen molar-refractivity contribution in [3.63, 3.8) is 0 Å². The highest BCUT2D eigenvalue weighted by Gasteiger charge is 2.20. The number of halogens is 2. The summed E-state index contributed by atoms with van der Waals surface area (Å²) in [5.74, 6) is -0.993. The molecule has 3 heteroatoms. The van der Waals surface area contributed by atoms with Crippen LogP contribution in [-0.4, -0.2) is 6.61 Å². The quantitative estimate of drug-likeness (QED) is 0.0858. The van der Waals surface area contributed by atoms with Gasteiger partial charge in [-0.2, -0.15) is 0 Å². The van der Waals surface area contributed by atoms with Gasteiger partial charge in [0, 0.05) is 11.1 Å². The number of ether oxygens (including phenoxy) is 1. The Morgan fingerprint density at radius 2 is 0.911 bits per heavy atom. The molecule has 0 heterocycles. The highest BCUT2D eigenvalue weighted by molar-refractivity contribution is 5.72. The summed E-state index contributed by atoms with van der Waals surface area (Å²) in [5, 5.41) is 0. The Morgan fingerprint density at radius 1 is 0.467 bits per heavy atom. The largest absolute Gasteiger partial charge is 0.493 e. The second kappa shape index (κ2) is 22.8. The van der Waals surface area contributed by atoms with E-state index in [4.69, 9.17) is 4.74 Å². The minimum Gasteiger partial charge on any atom is -0.493 e. The van der Waals surface area contributed by atoms with Crippen molar-refractivity contribution in [1.29, 1.82) is 0 Å². The van der Waals surface area contributed by atoms with Gasteiger partial charge in [-0.3, -0.25) is 0 Å². The summed E-state index contributed by atoms with van der Waals surface area (Å²) in [4.78, 5) is 0. The number of hydrogen-bond acceptors (Lipinski definition) is 1. The lowest BCUT2D eigenvalue weighted by Gasteiger charge is -2.16. The SMILES string of the molecule is CCCCCCCCCCCCOc1cc(-c2ccc(-c3ccccc3)cc2)c(F)c(F)c1CCCCCCCCCCCC. The summed E-state index contributed by atoms with van der Waals surface area (Å²) in [6, 6.07) is 19.6. The van der Waals surface area contributed by atoms with E-state index in [-0.39, 0.29) is 5.56 Å². The van der Waals surface area contributed by atoms with Gasteiger partial charge in [0.15, 0.2) is 11.6 Å². The molecule has 0 spiro atoms. The monoisotopic (exact) mass is 618 g/mol. The van der Waals surface area contributed by atoms with Crippen LogP contribution in [0.25, 0.3) is 22.3 Å². The van der Waals surface area contributed by atoms with Crippen molar-refractivity contribution in [3.05, 3.63) is 77.9 Å². The molecule has 3 aromatic rings. The van der Waals surface area contributed by atoms with Crippen molar-refractivity contribution in [2.45, 2.75) is 149 Å². The van der Waals surface area contributed by atoms with Gasteiger partial charge in [-0.05, 0) is 42.0 Å². The van der Waals surface area contributed by atoms with E-state index in [1.165, 1.54) is 96.3 Å². The van der Waals surface area contributed by atoms with Gasteiger partial charge >= 0.3 is 0 Å². The van der Waals surface area contributed by atoms with Crippen LogP contribution in [0.5, 0.6) is 5.75 Å². The molecule has 0 saturated heterocycles. The third kappa shape index (κ3) is 13.7. The molecule has 1 nitrogen and oxygen atoms in total. The Bertz CT molecular complexity index is 1170. The molecule has 0 amide bonds. The zero-order valence-electron chi connectivity index (χ0n) is 28.5. The molecule has 3 aromatic carbocycles. The Kier molecular flexibility index (Phi) is 18.6. The maximum absolute atomic E-state index is 15.7. The molecule has 0 aliphatic rings. The van der Waals surface area contributed by atoms with Crippen LogP contribution in [0.3, 0.4) is 0 Å². The Labute approximate surface area is 274 Å². The summed E-state index contributed by atoms with van der Waals surface area (Å²) in [7, 11) is 0. The van der Waals surface area contributed by atoms with Crippen molar-refractivity contribution < 1.29 is 13.5 Å². The molecular weight excluding hydrogens is 558 g/mol. The Hall–Kier alpha value is -2.68. The average Bonchev–Trinajstić information content (AvgIpc) is 3.07. The van der Waals surface area contributed by atoms with Crippen LogP contribution >= 0.6 is 0 Å². The smallest absolute Gasteiger partial charge is 0.167 e. The van der Waals surface area contributed by atoms with Crippen LogP contribution in [-0.2, 0) is 6.42 Å². The van der Waals surface area contributed by atoms with E-state index in [0.717, 1.165) is 43.2 Å². The van der Waals surface area contributed by atoms with Gasteiger partial charge in [0.2, 0.25) is 0 Å². The van der Waals surface area contributed by atoms with Gasteiger partial charge < -0.3 is 4.74 Å². The van der Waals surface area contributed by atoms with Crippen LogP contribution < -0.4 is 4.74 Å². The lowest BCUT2D eigenvalue weighted by molar-refractivity contribution is 0.297. The second-order valence-electron chi connectivity index (χ2n) is 12.9. The van der Waals surface area contributed by atoms with Crippen LogP contribution in [0.2, 0.25) is 0 Å². The molecule has 0 aromatic heterocycles. The first-order valence-corrected chi connectivity index (χ1v) is 18.4. The highest BCUT2D eigenvalue weighted by Crippen LogP contribution is 2.35. The molecule has 0 saturated carbocycles. The zero-order valence-corrected chi connectivity index (χ0v) is 28.5. The van der Waals surface area contributed by atoms with Crippen LogP contribution in [0.1, 0.15) is 148 Å². The minimum atomic E-state index is -0.768. The molecule has 248 valence electrons. The molecule has 0 aliphatic carbocycles. The molecule has 45 heavy (non-hydrogen) atoms. The van der Waals surface area contributed by atoms with E-state index in [1.807, 2.05) is 42.5 Å². The van der Waals surface area contributed by atoms with Crippen LogP contribution in [0.15, 0.2) is 60.7 Å². The fourth-order valence-corrected chi connectivity index (χ4v) is 6.25. The molecule has 0 fully saturated rings. The van der Waals surface area contributed by atoms with Gasteiger partial charge in [-0.1, -0.05) is 184 Å². The first-order valence-electron chi connectivity index (χ1n) is 18.4. The molecular formula is C42H60F2O. The van der Waals surface area contributed by atoms with E-state index in [0.29, 0.717) is 29.9 Å². The van der Waals surface area contributed by atoms with Crippen molar-refractivity contribution in [2.75, 3.05) is 6.61 Å². The molecule has 0 aliphatic heterocycles. The van der Waals surface area contributed by atoms with E-state index in [2.05, 4.69) is 26.0 Å². The lowest BCUT2D eigenvalue weighted by Crippen LogP contribution is -2.06. The summed E-state index contributed by atoms with van der Waals surface area (Å²) in [6.45, 7) is 5.05. The van der Waals surface area contributed by atoms with Gasteiger partial charge in [-0.25, -0.2) is 8.78 Å². The molecule has 0 N–H and O–H groups in total. The summed E-state index contributed by atoms with van der Waals surface area (Å²) < 4.78 is 37.5. The van der Waals surface area contributed by atoms with Gasteiger partial charge in [0.25, 0.3) is 0 Å². The molecule has 0 unspecified atom stereocenters. The summed E-state index contributed by atoms with van der Waals surface area (Å²) in [6.07, 6.45) is 25.2. The Balaban J connectivity index is 1.59. The Morgan fingerprint density at radius 3 is 1.44 bits per heavy atom. The standard InChI is InChI=1S/C42H60F2O/c1-3-5-7-9-11-13-15-17-19-24-28-38-40(45-33-25-20-18-16-14-12-10-8-6-4-2)34-39(42(44)41(38)43)37-31-29-36(30-32-37)35-26-22-21-23-27-35/h21-23,26-27,29-32,34H,3-20,24-25,28,33H2,1-2H3. The summed E-state index contributed by atoms with van der Waals surface area (Å²) in [5.41, 5.74) is 3.50. The first kappa shape index (κ1) is 36.8. The molecule has 0 bridgehead atoms. The fraction of sp³-hybridized carbons (Fsp3) is 0.571. The fourth-order valence-electron chi connectivity index (χ4n) is 6.25. The summed E-state index contributed by atoms with van der Waals surface area (Å²) >= 11 is 0. The number of hydrogen-bond donors (Lipinski definition) is 0. The van der Waals surface area contributed by atoms with E-state index >= 15 is 8.78 Å². The van der Waals surface area contributed by atoms with Crippen molar-refractivity contribution in [1.82, 2.24) is 0 Å². The number of benzene rings is 3. The predicted molar refractivity (Wildman–Crippen MR) is 190 cm³/mol. The third-order valence-corrected chi connectivity index (χ3v) is 9.11. The van der Waals surface area contributed by atoms with Gasteiger partial charge in [0.1, 0.15) is 5.75 Å². The third-order valence-electron chi connectivity index (χ3n) is 9.11. The van der Waals surface area contributed by atoms with Gasteiger partial charge in [-0.15, -0.1) is 0 Å². The maximum Gasteiger partial charge on any atom is 0.167 e. The highest BCUT2D eigenvalue weighted by atomic mass is 19.2. The first-order chi connectivity index (χ1) is 22.2. The molecule has 0 radical (unpaired) electrons. The second-order valence-corrected chi connectivity index (χ2v) is 12.9. The van der Waals surface area contributed by atoms with E-state index in [9.17, 15) is 0 Å².